The molecule has 0 unspecified atom stereocenters. The molecule has 7 nitrogen and oxygen atoms in total. The largest absolute Gasteiger partial charge is 0.469 e. The van der Waals surface area contributed by atoms with Gasteiger partial charge in [0.25, 0.3) is 0 Å². The van der Waals surface area contributed by atoms with E-state index < -0.39 is 0 Å². The average molecular weight is 406 g/mol. The smallest absolute Gasteiger partial charge is 0.307 e. The molecule has 3 fully saturated rings. The third kappa shape index (κ3) is 3.26. The van der Waals surface area contributed by atoms with Crippen molar-refractivity contribution in [1.29, 1.82) is 0 Å². The Hall–Kier alpha value is -2.15. The van der Waals surface area contributed by atoms with Crippen molar-refractivity contribution in [1.82, 2.24) is 10.3 Å². The van der Waals surface area contributed by atoms with Crippen molar-refractivity contribution in [2.24, 2.45) is 29.1 Å². The predicted molar refractivity (Wildman–Crippen MR) is 102 cm³/mol. The maximum atomic E-state index is 13.1. The number of amides is 2. The molecule has 1 heterocycles. The number of rotatable bonds is 6. The molecule has 4 rings (SSSR count). The third-order valence-corrected chi connectivity index (χ3v) is 7.03. The first-order chi connectivity index (χ1) is 13.5. The van der Waals surface area contributed by atoms with Gasteiger partial charge in [-0.15, -0.1) is 0 Å². The number of methoxy groups -OCH3 is 1. The van der Waals surface area contributed by atoms with Crippen molar-refractivity contribution in [3.8, 4) is 0 Å². The number of halogens is 1. The first-order valence-corrected chi connectivity index (χ1v) is 10.1. The van der Waals surface area contributed by atoms with Crippen LogP contribution in [0.5, 0.6) is 0 Å². The fraction of sp³-hybridized carbons (Fsp3) is 0.600. The molecule has 3 saturated carbocycles. The highest BCUT2D eigenvalue weighted by Gasteiger charge is 2.71. The molecule has 2 bridgehead atoms. The van der Waals surface area contributed by atoms with Crippen LogP contribution in [0.3, 0.4) is 0 Å². The number of hydrogen-bond acceptors (Lipinski definition) is 5. The van der Waals surface area contributed by atoms with E-state index in [1.807, 2.05) is 0 Å². The number of carbonyl (C=O) groups excluding carboxylic acids is 3. The minimum Gasteiger partial charge on any atom is -0.469 e. The molecule has 0 radical (unpaired) electrons. The normalized spacial score (nSPS) is 28.8. The fourth-order valence-corrected chi connectivity index (χ4v) is 5.66. The van der Waals surface area contributed by atoms with Gasteiger partial charge in [0.1, 0.15) is 5.15 Å². The summed E-state index contributed by atoms with van der Waals surface area (Å²) in [6, 6.07) is 3.33. The van der Waals surface area contributed by atoms with Crippen LogP contribution < -0.4 is 10.6 Å². The van der Waals surface area contributed by atoms with E-state index in [1.54, 1.807) is 12.1 Å². The molecular weight excluding hydrogens is 382 g/mol. The summed E-state index contributed by atoms with van der Waals surface area (Å²) in [5.74, 6) is -0.832. The summed E-state index contributed by atoms with van der Waals surface area (Å²) in [7, 11) is 1.32. The molecule has 8 heteroatoms. The van der Waals surface area contributed by atoms with Crippen LogP contribution in [0, 0.1) is 29.1 Å². The maximum Gasteiger partial charge on any atom is 0.307 e. The second-order valence-electron chi connectivity index (χ2n) is 8.05. The molecule has 2 amide bonds. The van der Waals surface area contributed by atoms with Gasteiger partial charge in [-0.2, -0.15) is 0 Å². The zero-order valence-corrected chi connectivity index (χ0v) is 16.5. The number of hydrogen-bond donors (Lipinski definition) is 2. The zero-order valence-electron chi connectivity index (χ0n) is 15.7. The molecule has 1 aromatic heterocycles. The number of anilines is 1. The maximum absolute atomic E-state index is 13.1. The van der Waals surface area contributed by atoms with Gasteiger partial charge < -0.3 is 15.4 Å². The van der Waals surface area contributed by atoms with Gasteiger partial charge in [-0.3, -0.25) is 14.4 Å². The quantitative estimate of drug-likeness (QED) is 0.559. The predicted octanol–water partition coefficient (Wildman–Crippen LogP) is 2.41. The Labute approximate surface area is 168 Å². The monoisotopic (exact) mass is 405 g/mol. The van der Waals surface area contributed by atoms with Gasteiger partial charge in [-0.25, -0.2) is 4.98 Å². The summed E-state index contributed by atoms with van der Waals surface area (Å²) in [6.07, 6.45) is 5.83. The standard InChI is InChI=1S/C20H24ClN3O4/c1-28-15(25)6-9-22-18(26)16-12-3-4-13(20(12)7-8-20)17(16)19(27)24-11-2-5-14(21)23-10-11/h2,5,10,12-13,16-17H,3-4,6-9H2,1H3,(H,22,26)(H,24,27)/t12-,13+,16-,17-/m1/s1. The number of pyridine rings is 1. The molecule has 0 aromatic carbocycles. The summed E-state index contributed by atoms with van der Waals surface area (Å²) >= 11 is 5.81. The van der Waals surface area contributed by atoms with Gasteiger partial charge >= 0.3 is 5.97 Å². The molecule has 0 saturated heterocycles. The van der Waals surface area contributed by atoms with Crippen LogP contribution in [-0.4, -0.2) is 36.4 Å². The van der Waals surface area contributed by atoms with E-state index in [1.165, 1.54) is 13.3 Å². The number of esters is 1. The average Bonchev–Trinajstić information content (AvgIpc) is 3.35. The Morgan fingerprint density at radius 1 is 1.18 bits per heavy atom. The van der Waals surface area contributed by atoms with Crippen LogP contribution >= 0.6 is 11.6 Å². The second-order valence-corrected chi connectivity index (χ2v) is 8.44. The minimum atomic E-state index is -0.364. The SMILES string of the molecule is COC(=O)CCNC(=O)[C@H]1[C@H](C(=O)Nc2ccc(Cl)nc2)[C@@H]2CC[C@H]1C21CC1. The van der Waals surface area contributed by atoms with Crippen LogP contribution in [-0.2, 0) is 19.1 Å². The Balaban J connectivity index is 1.48. The third-order valence-electron chi connectivity index (χ3n) is 6.80. The molecule has 150 valence electrons. The number of nitrogens with one attached hydrogen (secondary N) is 2. The molecular formula is C20H24ClN3O4. The minimum absolute atomic E-state index is 0.126. The van der Waals surface area contributed by atoms with Crippen molar-refractivity contribution >= 4 is 35.1 Å². The first-order valence-electron chi connectivity index (χ1n) is 9.73. The van der Waals surface area contributed by atoms with E-state index >= 15 is 0 Å². The molecule has 3 aliphatic carbocycles. The van der Waals surface area contributed by atoms with Gasteiger partial charge in [-0.1, -0.05) is 11.6 Å². The van der Waals surface area contributed by atoms with Crippen molar-refractivity contribution in [2.75, 3.05) is 19.0 Å². The summed E-state index contributed by atoms with van der Waals surface area (Å²) in [5, 5.41) is 6.12. The van der Waals surface area contributed by atoms with Crippen LogP contribution in [0.2, 0.25) is 5.15 Å². The van der Waals surface area contributed by atoms with Crippen LogP contribution in [0.1, 0.15) is 32.1 Å². The van der Waals surface area contributed by atoms with E-state index in [-0.39, 0.29) is 59.8 Å². The van der Waals surface area contributed by atoms with Gasteiger partial charge in [0.05, 0.1) is 37.3 Å². The van der Waals surface area contributed by atoms with Crippen LogP contribution in [0.15, 0.2) is 18.3 Å². The van der Waals surface area contributed by atoms with Crippen LogP contribution in [0.25, 0.3) is 0 Å². The number of aromatic nitrogens is 1. The lowest BCUT2D eigenvalue weighted by Crippen LogP contribution is -2.43. The lowest BCUT2D eigenvalue weighted by Gasteiger charge is -2.29. The highest BCUT2D eigenvalue weighted by atomic mass is 35.5. The number of carbonyl (C=O) groups is 3. The fourth-order valence-electron chi connectivity index (χ4n) is 5.54. The topological polar surface area (TPSA) is 97.4 Å². The van der Waals surface area contributed by atoms with Crippen molar-refractivity contribution < 1.29 is 19.1 Å². The van der Waals surface area contributed by atoms with Gasteiger partial charge in [-0.05, 0) is 55.1 Å². The Bertz CT molecular complexity index is 793. The number of ether oxygens (including phenoxy) is 1. The molecule has 3 aliphatic rings. The van der Waals surface area contributed by atoms with E-state index in [4.69, 9.17) is 11.6 Å². The Morgan fingerprint density at radius 3 is 2.43 bits per heavy atom. The lowest BCUT2D eigenvalue weighted by molar-refractivity contribution is -0.141. The van der Waals surface area contributed by atoms with E-state index in [0.29, 0.717) is 10.8 Å². The number of nitrogens with zero attached hydrogens (tertiary/aromatic N) is 1. The zero-order chi connectivity index (χ0) is 19.9. The molecule has 1 aromatic rings. The van der Waals surface area contributed by atoms with E-state index in [2.05, 4.69) is 20.4 Å². The summed E-state index contributed by atoms with van der Waals surface area (Å²) in [4.78, 5) is 41.4. The molecule has 1 spiro atoms. The van der Waals surface area contributed by atoms with Crippen molar-refractivity contribution in [3.63, 3.8) is 0 Å². The first kappa shape index (κ1) is 19.2. The van der Waals surface area contributed by atoms with E-state index in [0.717, 1.165) is 25.7 Å². The molecule has 28 heavy (non-hydrogen) atoms. The van der Waals surface area contributed by atoms with E-state index in [9.17, 15) is 14.4 Å². The van der Waals surface area contributed by atoms with Gasteiger partial charge in [0, 0.05) is 6.54 Å². The summed E-state index contributed by atoms with van der Waals surface area (Å²) in [6.45, 7) is 0.224. The van der Waals surface area contributed by atoms with Gasteiger partial charge in [0.2, 0.25) is 11.8 Å². The van der Waals surface area contributed by atoms with Crippen molar-refractivity contribution in [2.45, 2.75) is 32.1 Å². The molecule has 2 N–H and O–H groups in total. The summed E-state index contributed by atoms with van der Waals surface area (Å²) in [5.41, 5.74) is 0.733. The lowest BCUT2D eigenvalue weighted by atomic mass is 9.78. The second kappa shape index (κ2) is 7.35. The highest BCUT2D eigenvalue weighted by molar-refractivity contribution is 6.29. The Kier molecular flexibility index (Phi) is 5.04. The molecule has 0 aliphatic heterocycles. The van der Waals surface area contributed by atoms with Gasteiger partial charge in [0.15, 0.2) is 0 Å². The molecule has 4 atom stereocenters. The Morgan fingerprint density at radius 2 is 1.86 bits per heavy atom. The highest BCUT2D eigenvalue weighted by Crippen LogP contribution is 2.74. The summed E-state index contributed by atoms with van der Waals surface area (Å²) < 4.78 is 4.61. The van der Waals surface area contributed by atoms with Crippen LogP contribution in [0.4, 0.5) is 5.69 Å². The van der Waals surface area contributed by atoms with Crippen molar-refractivity contribution in [3.05, 3.63) is 23.5 Å².